The summed E-state index contributed by atoms with van der Waals surface area (Å²) < 4.78 is 0. The molecule has 0 heterocycles. The van der Waals surface area contributed by atoms with Crippen molar-refractivity contribution in [2.75, 3.05) is 0 Å². The van der Waals surface area contributed by atoms with Gasteiger partial charge in [0.25, 0.3) is 0 Å². The predicted molar refractivity (Wildman–Crippen MR) is 65.9 cm³/mol. The van der Waals surface area contributed by atoms with Crippen molar-refractivity contribution in [2.24, 2.45) is 5.73 Å². The van der Waals surface area contributed by atoms with E-state index in [4.69, 9.17) is 10.8 Å². The van der Waals surface area contributed by atoms with E-state index in [0.29, 0.717) is 0 Å². The molecule has 0 fully saturated rings. The number of aliphatic carboxylic acids is 1. The molecule has 7 nitrogen and oxygen atoms in total. The van der Waals surface area contributed by atoms with E-state index in [2.05, 4.69) is 10.6 Å². The molecular weight excluding hydrogens is 238 g/mol. The van der Waals surface area contributed by atoms with Crippen LogP contribution in [0.2, 0.25) is 0 Å². The fourth-order valence-corrected chi connectivity index (χ4v) is 1.51. The van der Waals surface area contributed by atoms with Crippen LogP contribution in [0.5, 0.6) is 0 Å². The number of hydrogen-bond donors (Lipinski definition) is 4. The van der Waals surface area contributed by atoms with Crippen molar-refractivity contribution in [3.05, 3.63) is 0 Å². The maximum absolute atomic E-state index is 11.5. The van der Waals surface area contributed by atoms with E-state index in [1.165, 1.54) is 0 Å². The molecule has 2 atom stereocenters. The Hall–Kier alpha value is -1.79. The highest BCUT2D eigenvalue weighted by Crippen LogP contribution is 2.01. The highest BCUT2D eigenvalue weighted by Gasteiger charge is 2.22. The zero-order valence-corrected chi connectivity index (χ0v) is 10.7. The van der Waals surface area contributed by atoms with E-state index in [-0.39, 0.29) is 6.04 Å². The van der Waals surface area contributed by atoms with Gasteiger partial charge in [-0.25, -0.2) is 9.59 Å². The van der Waals surface area contributed by atoms with Gasteiger partial charge in [0, 0.05) is 6.04 Å². The number of amides is 3. The molecule has 0 saturated heterocycles. The van der Waals surface area contributed by atoms with E-state index in [0.717, 1.165) is 19.3 Å². The molecule has 104 valence electrons. The molecular formula is C11H21N3O4. The minimum absolute atomic E-state index is 0.00183. The first-order valence-corrected chi connectivity index (χ1v) is 5.98. The second-order valence-electron chi connectivity index (χ2n) is 4.07. The highest BCUT2D eigenvalue weighted by atomic mass is 16.4. The average molecular weight is 259 g/mol. The molecule has 0 bridgehead atoms. The number of nitrogens with one attached hydrogen (secondary N) is 2. The first-order chi connectivity index (χ1) is 8.40. The summed E-state index contributed by atoms with van der Waals surface area (Å²) in [6, 6.07) is -1.89. The van der Waals surface area contributed by atoms with Gasteiger partial charge in [-0.3, -0.25) is 4.79 Å². The fraction of sp³-hybridized carbons (Fsp3) is 0.727. The Morgan fingerprint density at radius 3 is 2.22 bits per heavy atom. The lowest BCUT2D eigenvalue weighted by atomic mass is 10.1. The minimum atomic E-state index is -1.29. The summed E-state index contributed by atoms with van der Waals surface area (Å²) in [6.07, 6.45) is 2.07. The third-order valence-electron chi connectivity index (χ3n) is 2.47. The van der Waals surface area contributed by atoms with Gasteiger partial charge in [0.15, 0.2) is 0 Å². The Morgan fingerprint density at radius 1 is 1.22 bits per heavy atom. The van der Waals surface area contributed by atoms with Gasteiger partial charge >= 0.3 is 12.0 Å². The Labute approximate surface area is 106 Å². The van der Waals surface area contributed by atoms with Crippen molar-refractivity contribution >= 4 is 17.9 Å². The lowest BCUT2D eigenvalue weighted by molar-refractivity contribution is -0.140. The van der Waals surface area contributed by atoms with Gasteiger partial charge in [-0.1, -0.05) is 20.3 Å². The van der Waals surface area contributed by atoms with E-state index in [9.17, 15) is 14.4 Å². The van der Waals surface area contributed by atoms with Crippen LogP contribution in [0.25, 0.3) is 0 Å². The smallest absolute Gasteiger partial charge is 0.326 e. The first-order valence-electron chi connectivity index (χ1n) is 5.98. The first kappa shape index (κ1) is 16.2. The van der Waals surface area contributed by atoms with Gasteiger partial charge in [-0.2, -0.15) is 0 Å². The third-order valence-corrected chi connectivity index (χ3v) is 2.47. The molecule has 0 rings (SSSR count). The van der Waals surface area contributed by atoms with Gasteiger partial charge in [0.1, 0.15) is 6.04 Å². The lowest BCUT2D eigenvalue weighted by Crippen LogP contribution is -2.50. The van der Waals surface area contributed by atoms with E-state index >= 15 is 0 Å². The maximum atomic E-state index is 11.5. The molecule has 3 amide bonds. The summed E-state index contributed by atoms with van der Waals surface area (Å²) >= 11 is 0. The van der Waals surface area contributed by atoms with E-state index in [1.807, 2.05) is 13.8 Å². The van der Waals surface area contributed by atoms with Gasteiger partial charge < -0.3 is 21.5 Å². The number of carboxylic acid groups (broad SMARTS) is 1. The van der Waals surface area contributed by atoms with Gasteiger partial charge in [0.05, 0.1) is 6.42 Å². The summed E-state index contributed by atoms with van der Waals surface area (Å²) in [7, 11) is 0. The Bertz CT molecular complexity index is 307. The van der Waals surface area contributed by atoms with Crippen molar-refractivity contribution in [1.82, 2.24) is 10.6 Å². The topological polar surface area (TPSA) is 122 Å². The zero-order valence-electron chi connectivity index (χ0n) is 10.7. The molecule has 0 aliphatic rings. The highest BCUT2D eigenvalue weighted by molar-refractivity contribution is 5.87. The predicted octanol–water partition coefficient (Wildman–Crippen LogP) is 0.193. The number of carbonyl (C=O) groups is 3. The molecule has 0 aromatic rings. The van der Waals surface area contributed by atoms with Crippen molar-refractivity contribution in [3.63, 3.8) is 0 Å². The Balaban J connectivity index is 4.32. The largest absolute Gasteiger partial charge is 0.480 e. The van der Waals surface area contributed by atoms with Crippen LogP contribution < -0.4 is 16.4 Å². The van der Waals surface area contributed by atoms with Crippen molar-refractivity contribution < 1.29 is 19.5 Å². The number of rotatable bonds is 8. The van der Waals surface area contributed by atoms with Crippen molar-refractivity contribution in [2.45, 2.75) is 51.6 Å². The Kier molecular flexibility index (Phi) is 7.50. The number of carbonyl (C=O) groups excluding carboxylic acids is 2. The molecule has 18 heavy (non-hydrogen) atoms. The maximum Gasteiger partial charge on any atom is 0.326 e. The standard InChI is InChI=1S/C11H21N3O4/c1-3-5-7(4-2)13-11(18)14-8(10(16)17)6-9(12)15/h7-8H,3-6H2,1-2H3,(H2,12,15)(H,16,17)(H2,13,14,18)/t7?,8-/m1/s1. The monoisotopic (exact) mass is 259 g/mol. The molecule has 0 aromatic heterocycles. The second-order valence-corrected chi connectivity index (χ2v) is 4.07. The number of primary amides is 1. The fourth-order valence-electron chi connectivity index (χ4n) is 1.51. The Morgan fingerprint density at radius 2 is 1.83 bits per heavy atom. The summed E-state index contributed by atoms with van der Waals surface area (Å²) in [5, 5.41) is 13.7. The number of nitrogens with two attached hydrogens (primary N) is 1. The summed E-state index contributed by atoms with van der Waals surface area (Å²) in [6.45, 7) is 3.92. The van der Waals surface area contributed by atoms with Crippen molar-refractivity contribution in [3.8, 4) is 0 Å². The molecule has 0 aliphatic carbocycles. The molecule has 1 unspecified atom stereocenters. The molecule has 0 spiro atoms. The van der Waals surface area contributed by atoms with Gasteiger partial charge in [-0.15, -0.1) is 0 Å². The molecule has 5 N–H and O–H groups in total. The third kappa shape index (κ3) is 6.72. The van der Waals surface area contributed by atoms with Crippen LogP contribution in [0.4, 0.5) is 4.79 Å². The molecule has 7 heteroatoms. The van der Waals surface area contributed by atoms with Crippen LogP contribution in [0.1, 0.15) is 39.5 Å². The normalized spacial score (nSPS) is 13.4. The summed E-state index contributed by atoms with van der Waals surface area (Å²) in [5.74, 6) is -2.06. The van der Waals surface area contributed by atoms with Crippen LogP contribution in [0.3, 0.4) is 0 Å². The quantitative estimate of drug-likeness (QED) is 0.497. The molecule has 0 radical (unpaired) electrons. The zero-order chi connectivity index (χ0) is 14.1. The SMILES string of the molecule is CCCC(CC)NC(=O)N[C@H](CC(N)=O)C(=O)O. The van der Waals surface area contributed by atoms with Crippen LogP contribution in [-0.2, 0) is 9.59 Å². The van der Waals surface area contributed by atoms with Crippen LogP contribution in [0, 0.1) is 0 Å². The number of hydrogen-bond acceptors (Lipinski definition) is 3. The van der Waals surface area contributed by atoms with Crippen LogP contribution in [0.15, 0.2) is 0 Å². The van der Waals surface area contributed by atoms with Gasteiger partial charge in [0.2, 0.25) is 5.91 Å². The molecule has 0 aromatic carbocycles. The minimum Gasteiger partial charge on any atom is -0.480 e. The lowest BCUT2D eigenvalue weighted by Gasteiger charge is -2.19. The van der Waals surface area contributed by atoms with Crippen molar-refractivity contribution in [1.29, 1.82) is 0 Å². The van der Waals surface area contributed by atoms with Gasteiger partial charge in [-0.05, 0) is 12.8 Å². The number of urea groups is 1. The molecule has 0 aliphatic heterocycles. The van der Waals surface area contributed by atoms with E-state index in [1.54, 1.807) is 0 Å². The average Bonchev–Trinajstić information content (AvgIpc) is 2.26. The summed E-state index contributed by atoms with van der Waals surface area (Å²) in [5.41, 5.74) is 4.91. The second kappa shape index (κ2) is 8.32. The van der Waals surface area contributed by atoms with E-state index < -0.39 is 30.4 Å². The number of carboxylic acids is 1. The van der Waals surface area contributed by atoms with Crippen LogP contribution in [-0.4, -0.2) is 35.1 Å². The molecule has 0 saturated carbocycles. The van der Waals surface area contributed by atoms with Crippen LogP contribution >= 0.6 is 0 Å². The summed E-state index contributed by atoms with van der Waals surface area (Å²) in [4.78, 5) is 33.0.